The van der Waals surface area contributed by atoms with Gasteiger partial charge in [-0.15, -0.1) is 0 Å². The Morgan fingerprint density at radius 1 is 1.36 bits per heavy atom. The van der Waals surface area contributed by atoms with Crippen LogP contribution in [-0.4, -0.2) is 78.0 Å². The molecular formula is C12H17N5O5. The zero-order valence-electron chi connectivity index (χ0n) is 11.8. The van der Waals surface area contributed by atoms with Crippen LogP contribution >= 0.6 is 0 Å². The average molecular weight is 311 g/mol. The number of fused-ring (bicyclic) bond motifs is 1. The second kappa shape index (κ2) is 5.41. The maximum atomic E-state index is 10.3. The summed E-state index contributed by atoms with van der Waals surface area (Å²) in [4.78, 5) is 12.3. The van der Waals surface area contributed by atoms with E-state index in [1.54, 1.807) is 7.05 Å². The first-order valence-electron chi connectivity index (χ1n) is 6.69. The minimum Gasteiger partial charge on any atom is -0.394 e. The van der Waals surface area contributed by atoms with E-state index in [1.165, 1.54) is 17.2 Å². The molecule has 0 bridgehead atoms. The standard InChI is InChI=1S/C12H17N5O5/c1-13-9-7-10(15-4-14-9)17(5-16-7)11-8(20)12(21,3-19)6(2-18)22-11/h4-6,8,11,18-21H,2-3H2,1H3,(H,13,14,15)/t6-,8+,11-,12-/m1/s1. The van der Waals surface area contributed by atoms with Crippen LogP contribution in [0.25, 0.3) is 11.2 Å². The summed E-state index contributed by atoms with van der Waals surface area (Å²) in [6, 6.07) is 0. The molecule has 0 aliphatic carbocycles. The Bertz CT molecular complexity index is 679. The Labute approximate surface area is 125 Å². The summed E-state index contributed by atoms with van der Waals surface area (Å²) >= 11 is 0. The lowest BCUT2D eigenvalue weighted by atomic mass is 9.93. The first-order chi connectivity index (χ1) is 10.6. The van der Waals surface area contributed by atoms with E-state index in [0.717, 1.165) is 0 Å². The molecule has 2 aromatic rings. The molecule has 120 valence electrons. The number of aromatic nitrogens is 4. The quantitative estimate of drug-likeness (QED) is 0.426. The maximum Gasteiger partial charge on any atom is 0.167 e. The second-order valence-corrected chi connectivity index (χ2v) is 5.09. The Kier molecular flexibility index (Phi) is 3.70. The number of aliphatic hydroxyl groups excluding tert-OH is 3. The molecule has 2 aromatic heterocycles. The highest BCUT2D eigenvalue weighted by Gasteiger charge is 2.55. The Hall–Kier alpha value is -1.85. The second-order valence-electron chi connectivity index (χ2n) is 5.09. The highest BCUT2D eigenvalue weighted by Crippen LogP contribution is 2.38. The van der Waals surface area contributed by atoms with Crippen LogP contribution in [0, 0.1) is 0 Å². The predicted octanol–water partition coefficient (Wildman–Crippen LogP) is -2.16. The number of hydrogen-bond acceptors (Lipinski definition) is 9. The minimum absolute atomic E-state index is 0.391. The van der Waals surface area contributed by atoms with E-state index in [4.69, 9.17) is 4.74 Å². The van der Waals surface area contributed by atoms with Crippen LogP contribution in [-0.2, 0) is 4.74 Å². The van der Waals surface area contributed by atoms with Gasteiger partial charge in [-0.05, 0) is 0 Å². The predicted molar refractivity (Wildman–Crippen MR) is 73.9 cm³/mol. The lowest BCUT2D eigenvalue weighted by Crippen LogP contribution is -2.52. The third-order valence-corrected chi connectivity index (χ3v) is 3.93. The molecule has 0 aromatic carbocycles. The number of aliphatic hydroxyl groups is 4. The van der Waals surface area contributed by atoms with E-state index >= 15 is 0 Å². The molecule has 0 spiro atoms. The van der Waals surface area contributed by atoms with Gasteiger partial charge in [-0.25, -0.2) is 15.0 Å². The summed E-state index contributed by atoms with van der Waals surface area (Å²) in [5, 5.41) is 42.1. The van der Waals surface area contributed by atoms with Gasteiger partial charge in [0.05, 0.1) is 19.5 Å². The van der Waals surface area contributed by atoms with Crippen molar-refractivity contribution >= 4 is 17.0 Å². The first kappa shape index (κ1) is 15.1. The zero-order valence-corrected chi connectivity index (χ0v) is 11.8. The molecule has 22 heavy (non-hydrogen) atoms. The van der Waals surface area contributed by atoms with Crippen LogP contribution in [0.15, 0.2) is 12.7 Å². The molecule has 10 heteroatoms. The number of imidazole rings is 1. The van der Waals surface area contributed by atoms with E-state index in [9.17, 15) is 20.4 Å². The van der Waals surface area contributed by atoms with Crippen LogP contribution in [0.4, 0.5) is 5.82 Å². The summed E-state index contributed by atoms with van der Waals surface area (Å²) in [7, 11) is 1.69. The van der Waals surface area contributed by atoms with E-state index < -0.39 is 37.3 Å². The molecule has 1 fully saturated rings. The largest absolute Gasteiger partial charge is 0.394 e. The third kappa shape index (κ3) is 1.96. The van der Waals surface area contributed by atoms with Crippen molar-refractivity contribution in [3.8, 4) is 0 Å². The number of hydrogen-bond donors (Lipinski definition) is 5. The molecule has 1 aliphatic heterocycles. The molecule has 1 aliphatic rings. The van der Waals surface area contributed by atoms with Crippen molar-refractivity contribution in [2.45, 2.75) is 24.0 Å². The lowest BCUT2D eigenvalue weighted by Gasteiger charge is -2.27. The molecule has 3 heterocycles. The van der Waals surface area contributed by atoms with Crippen LogP contribution in [0.3, 0.4) is 0 Å². The fraction of sp³-hybridized carbons (Fsp3) is 0.583. The van der Waals surface area contributed by atoms with E-state index in [-0.39, 0.29) is 0 Å². The van der Waals surface area contributed by atoms with Gasteiger partial charge in [0.1, 0.15) is 29.7 Å². The van der Waals surface area contributed by atoms with Gasteiger partial charge in [-0.2, -0.15) is 0 Å². The molecule has 0 unspecified atom stereocenters. The smallest absolute Gasteiger partial charge is 0.167 e. The number of anilines is 1. The zero-order chi connectivity index (χ0) is 15.9. The molecule has 4 atom stereocenters. The Morgan fingerprint density at radius 3 is 2.73 bits per heavy atom. The summed E-state index contributed by atoms with van der Waals surface area (Å²) in [6.45, 7) is -1.30. The molecule has 1 saturated heterocycles. The molecular weight excluding hydrogens is 294 g/mol. The fourth-order valence-corrected chi connectivity index (χ4v) is 2.63. The number of nitrogens with zero attached hydrogens (tertiary/aromatic N) is 4. The first-order valence-corrected chi connectivity index (χ1v) is 6.69. The van der Waals surface area contributed by atoms with Gasteiger partial charge in [0.25, 0.3) is 0 Å². The number of rotatable bonds is 4. The monoisotopic (exact) mass is 311 g/mol. The van der Waals surface area contributed by atoms with Gasteiger partial charge in [-0.1, -0.05) is 0 Å². The van der Waals surface area contributed by atoms with Gasteiger partial charge < -0.3 is 30.5 Å². The maximum absolute atomic E-state index is 10.3. The van der Waals surface area contributed by atoms with Gasteiger partial charge in [0, 0.05) is 7.05 Å². The van der Waals surface area contributed by atoms with E-state index in [2.05, 4.69) is 20.3 Å². The van der Waals surface area contributed by atoms with E-state index in [1.807, 2.05) is 0 Å². The Morgan fingerprint density at radius 2 is 2.14 bits per heavy atom. The van der Waals surface area contributed by atoms with Crippen molar-refractivity contribution < 1.29 is 25.2 Å². The molecule has 0 amide bonds. The van der Waals surface area contributed by atoms with Crippen LogP contribution in [0.1, 0.15) is 6.23 Å². The third-order valence-electron chi connectivity index (χ3n) is 3.93. The molecule has 5 N–H and O–H groups in total. The summed E-state index contributed by atoms with van der Waals surface area (Å²) in [5.41, 5.74) is -1.10. The normalized spacial score (nSPS) is 31.8. The van der Waals surface area contributed by atoms with Crippen molar-refractivity contribution in [3.63, 3.8) is 0 Å². The van der Waals surface area contributed by atoms with Gasteiger partial charge in [0.15, 0.2) is 17.7 Å². The Balaban J connectivity index is 2.05. The van der Waals surface area contributed by atoms with Crippen molar-refractivity contribution in [1.29, 1.82) is 0 Å². The highest BCUT2D eigenvalue weighted by molar-refractivity contribution is 5.82. The molecule has 3 rings (SSSR count). The van der Waals surface area contributed by atoms with Crippen molar-refractivity contribution in [1.82, 2.24) is 19.5 Å². The SMILES string of the molecule is CNc1ncnc2c1ncn2[C@@H]1O[C@H](CO)[C@](O)(CO)[C@H]1O. The molecule has 0 radical (unpaired) electrons. The average Bonchev–Trinajstić information content (AvgIpc) is 3.08. The van der Waals surface area contributed by atoms with Crippen molar-refractivity contribution in [2.24, 2.45) is 0 Å². The van der Waals surface area contributed by atoms with Crippen LogP contribution < -0.4 is 5.32 Å². The fourth-order valence-electron chi connectivity index (χ4n) is 2.63. The van der Waals surface area contributed by atoms with Crippen molar-refractivity contribution in [2.75, 3.05) is 25.6 Å². The van der Waals surface area contributed by atoms with Crippen LogP contribution in [0.2, 0.25) is 0 Å². The van der Waals surface area contributed by atoms with Gasteiger partial charge >= 0.3 is 0 Å². The minimum atomic E-state index is -1.96. The van der Waals surface area contributed by atoms with Crippen molar-refractivity contribution in [3.05, 3.63) is 12.7 Å². The number of ether oxygens (including phenoxy) is 1. The summed E-state index contributed by atoms with van der Waals surface area (Å²) < 4.78 is 6.92. The lowest BCUT2D eigenvalue weighted by molar-refractivity contribution is -0.119. The summed E-state index contributed by atoms with van der Waals surface area (Å²) in [5.74, 6) is 0.507. The highest BCUT2D eigenvalue weighted by atomic mass is 16.6. The molecule has 0 saturated carbocycles. The number of nitrogens with one attached hydrogen (secondary N) is 1. The van der Waals surface area contributed by atoms with Gasteiger partial charge in [-0.3, -0.25) is 4.57 Å². The topological polar surface area (TPSA) is 146 Å². The summed E-state index contributed by atoms with van der Waals surface area (Å²) in [6.07, 6.45) is -0.902. The van der Waals surface area contributed by atoms with Gasteiger partial charge in [0.2, 0.25) is 0 Å². The van der Waals surface area contributed by atoms with Crippen LogP contribution in [0.5, 0.6) is 0 Å². The molecule has 10 nitrogen and oxygen atoms in total. The van der Waals surface area contributed by atoms with E-state index in [0.29, 0.717) is 17.0 Å².